The van der Waals surface area contributed by atoms with Crippen molar-refractivity contribution in [1.29, 1.82) is 0 Å². The van der Waals surface area contributed by atoms with Crippen molar-refractivity contribution < 1.29 is 14.3 Å². The van der Waals surface area contributed by atoms with Gasteiger partial charge in [0.05, 0.1) is 24.4 Å². The maximum absolute atomic E-state index is 11.9. The number of carbonyl (C=O) groups excluding carboxylic acids is 1. The Hall–Kier alpha value is -2.14. The van der Waals surface area contributed by atoms with Gasteiger partial charge in [0.1, 0.15) is 0 Å². The number of carbonyl (C=O) groups is 1. The van der Waals surface area contributed by atoms with Crippen LogP contribution in [-0.2, 0) is 9.47 Å². The van der Waals surface area contributed by atoms with Gasteiger partial charge in [-0.15, -0.1) is 0 Å². The first-order chi connectivity index (χ1) is 10.9. The van der Waals surface area contributed by atoms with Crippen molar-refractivity contribution in [1.82, 2.24) is 9.78 Å². The lowest BCUT2D eigenvalue weighted by Gasteiger charge is -2.27. The molecule has 1 atom stereocenters. The average Bonchev–Trinajstić information content (AvgIpc) is 3.09. The van der Waals surface area contributed by atoms with Crippen LogP contribution in [0.4, 0.5) is 0 Å². The first kappa shape index (κ1) is 15.7. The van der Waals surface area contributed by atoms with Gasteiger partial charge in [0.25, 0.3) is 0 Å². The van der Waals surface area contributed by atoms with Crippen molar-refractivity contribution in [2.75, 3.05) is 13.7 Å². The molecule has 0 spiro atoms. The zero-order valence-corrected chi connectivity index (χ0v) is 14.0. The number of aromatic nitrogens is 2. The standard InChI is InChI=1S/C18H22N2O3/c1-12-7-5-6-8-13(12)15-11-14(17(21)22-4)19-20(15)16-9-10-23-18(16,2)3/h5-8,11,16H,9-10H2,1-4H3. The molecule has 1 saturated heterocycles. The molecule has 0 amide bonds. The number of esters is 1. The van der Waals surface area contributed by atoms with Crippen LogP contribution in [0.25, 0.3) is 11.3 Å². The lowest BCUT2D eigenvalue weighted by Crippen LogP contribution is -2.31. The molecule has 0 radical (unpaired) electrons. The van der Waals surface area contributed by atoms with E-state index in [9.17, 15) is 4.79 Å². The number of ether oxygens (including phenoxy) is 2. The maximum atomic E-state index is 11.9. The number of aryl methyl sites for hydroxylation is 1. The molecule has 5 heteroatoms. The predicted molar refractivity (Wildman–Crippen MR) is 87.4 cm³/mol. The van der Waals surface area contributed by atoms with E-state index in [-0.39, 0.29) is 11.6 Å². The van der Waals surface area contributed by atoms with Crippen LogP contribution in [0.1, 0.15) is 42.4 Å². The summed E-state index contributed by atoms with van der Waals surface area (Å²) in [6, 6.07) is 9.99. The molecule has 0 aliphatic carbocycles. The van der Waals surface area contributed by atoms with E-state index < -0.39 is 5.97 Å². The highest BCUT2D eigenvalue weighted by molar-refractivity contribution is 5.88. The van der Waals surface area contributed by atoms with Crippen LogP contribution in [0, 0.1) is 6.92 Å². The van der Waals surface area contributed by atoms with Crippen molar-refractivity contribution in [2.24, 2.45) is 0 Å². The van der Waals surface area contributed by atoms with Gasteiger partial charge >= 0.3 is 5.97 Å². The summed E-state index contributed by atoms with van der Waals surface area (Å²) in [6.07, 6.45) is 0.869. The Bertz CT molecular complexity index is 734. The van der Waals surface area contributed by atoms with Crippen molar-refractivity contribution in [2.45, 2.75) is 38.8 Å². The zero-order chi connectivity index (χ0) is 16.6. The Morgan fingerprint density at radius 3 is 2.74 bits per heavy atom. The second kappa shape index (κ2) is 5.81. The van der Waals surface area contributed by atoms with Gasteiger partial charge < -0.3 is 9.47 Å². The highest BCUT2D eigenvalue weighted by Crippen LogP contribution is 2.38. The van der Waals surface area contributed by atoms with E-state index in [0.717, 1.165) is 23.2 Å². The largest absolute Gasteiger partial charge is 0.464 e. The van der Waals surface area contributed by atoms with Crippen LogP contribution in [0.3, 0.4) is 0 Å². The minimum Gasteiger partial charge on any atom is -0.464 e. The van der Waals surface area contributed by atoms with E-state index in [2.05, 4.69) is 31.9 Å². The lowest BCUT2D eigenvalue weighted by atomic mass is 9.98. The first-order valence-corrected chi connectivity index (χ1v) is 7.82. The van der Waals surface area contributed by atoms with Crippen LogP contribution >= 0.6 is 0 Å². The van der Waals surface area contributed by atoms with Gasteiger partial charge in [-0.1, -0.05) is 24.3 Å². The van der Waals surface area contributed by atoms with Gasteiger partial charge in [0.2, 0.25) is 0 Å². The van der Waals surface area contributed by atoms with Gasteiger partial charge in [-0.3, -0.25) is 4.68 Å². The van der Waals surface area contributed by atoms with Crippen molar-refractivity contribution in [3.63, 3.8) is 0 Å². The highest BCUT2D eigenvalue weighted by Gasteiger charge is 2.39. The highest BCUT2D eigenvalue weighted by atomic mass is 16.5. The fourth-order valence-corrected chi connectivity index (χ4v) is 3.19. The Morgan fingerprint density at radius 2 is 2.13 bits per heavy atom. The molecule has 0 bridgehead atoms. The molecule has 2 aromatic rings. The van der Waals surface area contributed by atoms with E-state index in [0.29, 0.717) is 12.3 Å². The molecular weight excluding hydrogens is 292 g/mol. The summed E-state index contributed by atoms with van der Waals surface area (Å²) in [6.45, 7) is 6.87. The summed E-state index contributed by atoms with van der Waals surface area (Å²) in [5, 5.41) is 4.54. The number of nitrogens with zero attached hydrogens (tertiary/aromatic N) is 2. The van der Waals surface area contributed by atoms with Gasteiger partial charge in [0.15, 0.2) is 5.69 Å². The van der Waals surface area contributed by atoms with E-state index in [1.807, 2.05) is 28.9 Å². The third-order valence-electron chi connectivity index (χ3n) is 4.51. The first-order valence-electron chi connectivity index (χ1n) is 7.82. The number of benzene rings is 1. The Morgan fingerprint density at radius 1 is 1.39 bits per heavy atom. The minimum atomic E-state index is -0.421. The summed E-state index contributed by atoms with van der Waals surface area (Å²) in [7, 11) is 1.37. The minimum absolute atomic E-state index is 0.0792. The van der Waals surface area contributed by atoms with E-state index in [1.54, 1.807) is 0 Å². The molecule has 1 aromatic heterocycles. The average molecular weight is 314 g/mol. The topological polar surface area (TPSA) is 53.4 Å². The molecule has 1 unspecified atom stereocenters. The summed E-state index contributed by atoms with van der Waals surface area (Å²) >= 11 is 0. The molecular formula is C18H22N2O3. The maximum Gasteiger partial charge on any atom is 0.358 e. The smallest absolute Gasteiger partial charge is 0.358 e. The van der Waals surface area contributed by atoms with Crippen LogP contribution in [0.2, 0.25) is 0 Å². The molecule has 122 valence electrons. The zero-order valence-electron chi connectivity index (χ0n) is 14.0. The molecule has 1 aliphatic heterocycles. The van der Waals surface area contributed by atoms with Crippen molar-refractivity contribution in [3.8, 4) is 11.3 Å². The van der Waals surface area contributed by atoms with E-state index >= 15 is 0 Å². The Kier molecular flexibility index (Phi) is 3.98. The third-order valence-corrected chi connectivity index (χ3v) is 4.51. The second-order valence-electron chi connectivity index (χ2n) is 6.42. The fraction of sp³-hybridized carbons (Fsp3) is 0.444. The number of rotatable bonds is 3. The summed E-state index contributed by atoms with van der Waals surface area (Å²) in [4.78, 5) is 11.9. The van der Waals surface area contributed by atoms with Gasteiger partial charge in [0, 0.05) is 12.2 Å². The normalized spacial score (nSPS) is 19.7. The number of hydrogen-bond donors (Lipinski definition) is 0. The SMILES string of the molecule is COC(=O)c1cc(-c2ccccc2C)n(C2CCOC2(C)C)n1. The Balaban J connectivity index is 2.16. The quantitative estimate of drug-likeness (QED) is 0.815. The molecule has 2 heterocycles. The summed E-state index contributed by atoms with van der Waals surface area (Å²) < 4.78 is 12.6. The van der Waals surface area contributed by atoms with Gasteiger partial charge in [-0.25, -0.2) is 4.79 Å². The van der Waals surface area contributed by atoms with Crippen molar-refractivity contribution in [3.05, 3.63) is 41.6 Å². The molecule has 0 saturated carbocycles. The third kappa shape index (κ3) is 2.77. The van der Waals surface area contributed by atoms with Crippen LogP contribution in [0.5, 0.6) is 0 Å². The van der Waals surface area contributed by atoms with Crippen LogP contribution in [-0.4, -0.2) is 35.1 Å². The monoisotopic (exact) mass is 314 g/mol. The summed E-state index contributed by atoms with van der Waals surface area (Å²) in [5.41, 5.74) is 3.14. The van der Waals surface area contributed by atoms with Crippen LogP contribution in [0.15, 0.2) is 30.3 Å². The van der Waals surface area contributed by atoms with E-state index in [1.165, 1.54) is 7.11 Å². The number of hydrogen-bond acceptors (Lipinski definition) is 4. The van der Waals surface area contributed by atoms with Crippen LogP contribution < -0.4 is 0 Å². The molecule has 1 fully saturated rings. The Labute approximate surface area is 136 Å². The van der Waals surface area contributed by atoms with Crippen molar-refractivity contribution >= 4 is 5.97 Å². The van der Waals surface area contributed by atoms with Gasteiger partial charge in [-0.05, 0) is 38.8 Å². The molecule has 1 aliphatic rings. The van der Waals surface area contributed by atoms with E-state index in [4.69, 9.17) is 9.47 Å². The molecule has 23 heavy (non-hydrogen) atoms. The second-order valence-corrected chi connectivity index (χ2v) is 6.42. The molecule has 0 N–H and O–H groups in total. The van der Waals surface area contributed by atoms with Gasteiger partial charge in [-0.2, -0.15) is 5.10 Å². The fourth-order valence-electron chi connectivity index (χ4n) is 3.19. The molecule has 3 rings (SSSR count). The molecule has 1 aromatic carbocycles. The predicted octanol–water partition coefficient (Wildman–Crippen LogP) is 3.39. The lowest BCUT2D eigenvalue weighted by molar-refractivity contribution is 0.0120. The summed E-state index contributed by atoms with van der Waals surface area (Å²) in [5.74, 6) is -0.421. The number of methoxy groups -OCH3 is 1. The molecule has 5 nitrogen and oxygen atoms in total.